The number of aryl methyl sites for hydroxylation is 1. The number of benzene rings is 2. The summed E-state index contributed by atoms with van der Waals surface area (Å²) in [7, 11) is 0. The average Bonchev–Trinajstić information content (AvgIpc) is 3.00. The van der Waals surface area contributed by atoms with Gasteiger partial charge in [-0.25, -0.2) is 0 Å². The number of azo groups is 2. The van der Waals surface area contributed by atoms with Gasteiger partial charge in [0, 0.05) is 22.3 Å². The Morgan fingerprint density at radius 1 is 0.569 bits per heavy atom. The van der Waals surface area contributed by atoms with Crippen molar-refractivity contribution in [3.63, 3.8) is 0 Å². The molecule has 0 unspecified atom stereocenters. The van der Waals surface area contributed by atoms with Crippen molar-refractivity contribution in [2.75, 3.05) is 0 Å². The fourth-order valence-electron chi connectivity index (χ4n) is 5.99. The first-order chi connectivity index (χ1) is 23.4. The Morgan fingerprint density at radius 3 is 1.31 bits per heavy atom. The van der Waals surface area contributed by atoms with Crippen molar-refractivity contribution in [1.29, 1.82) is 0 Å². The molecule has 2 aromatic rings. The van der Waals surface area contributed by atoms with Crippen molar-refractivity contribution in [3.8, 4) is 11.1 Å². The van der Waals surface area contributed by atoms with E-state index >= 15 is 0 Å². The Labute approximate surface area is 310 Å². The minimum absolute atomic E-state index is 0.0834. The van der Waals surface area contributed by atoms with Crippen molar-refractivity contribution < 1.29 is 9.59 Å². The van der Waals surface area contributed by atoms with E-state index in [1.807, 2.05) is 104 Å². The summed E-state index contributed by atoms with van der Waals surface area (Å²) in [5, 5.41) is 18.3. The second-order valence-electron chi connectivity index (χ2n) is 17.7. The van der Waals surface area contributed by atoms with Crippen LogP contribution in [0.4, 0.5) is 11.4 Å². The van der Waals surface area contributed by atoms with E-state index < -0.39 is 0 Å². The zero-order chi connectivity index (χ0) is 38.3. The largest absolute Gasteiger partial charge is 0.289 e. The van der Waals surface area contributed by atoms with Crippen molar-refractivity contribution in [3.05, 3.63) is 117 Å². The molecule has 0 spiro atoms. The van der Waals surface area contributed by atoms with E-state index in [-0.39, 0.29) is 33.2 Å². The van der Waals surface area contributed by atoms with Gasteiger partial charge >= 0.3 is 0 Å². The zero-order valence-electron chi connectivity index (χ0n) is 32.8. The summed E-state index contributed by atoms with van der Waals surface area (Å²) in [6.45, 7) is 28.6. The van der Waals surface area contributed by atoms with Crippen LogP contribution in [-0.2, 0) is 9.59 Å². The summed E-state index contributed by atoms with van der Waals surface area (Å²) < 4.78 is 0. The summed E-state index contributed by atoms with van der Waals surface area (Å²) in [5.74, 6) is 0.177. The third-order valence-electron chi connectivity index (χ3n) is 9.05. The van der Waals surface area contributed by atoms with Gasteiger partial charge in [0.05, 0.1) is 23.1 Å². The van der Waals surface area contributed by atoms with Crippen LogP contribution in [0.5, 0.6) is 0 Å². The lowest BCUT2D eigenvalue weighted by molar-refractivity contribution is -0.114. The first kappa shape index (κ1) is 39.5. The van der Waals surface area contributed by atoms with Crippen LogP contribution in [-0.4, -0.2) is 11.6 Å². The van der Waals surface area contributed by atoms with Crippen LogP contribution < -0.4 is 0 Å². The van der Waals surface area contributed by atoms with Crippen molar-refractivity contribution >= 4 is 34.5 Å². The van der Waals surface area contributed by atoms with Gasteiger partial charge in [-0.2, -0.15) is 15.3 Å². The van der Waals surface area contributed by atoms with E-state index in [1.165, 1.54) is 0 Å². The van der Waals surface area contributed by atoms with E-state index in [0.717, 1.165) is 55.7 Å². The molecular weight excluding hydrogens is 652 g/mol. The van der Waals surface area contributed by atoms with Crippen molar-refractivity contribution in [2.45, 2.75) is 96.9 Å². The van der Waals surface area contributed by atoms with Gasteiger partial charge in [0.15, 0.2) is 11.6 Å². The molecule has 6 nitrogen and oxygen atoms in total. The van der Waals surface area contributed by atoms with Crippen LogP contribution in [0.15, 0.2) is 121 Å². The van der Waals surface area contributed by atoms with Crippen LogP contribution in [0.1, 0.15) is 94.2 Å². The molecule has 0 bridgehead atoms. The number of carbonyl (C=O) groups is 2. The molecule has 0 radical (unpaired) electrons. The van der Waals surface area contributed by atoms with Crippen LogP contribution in [0.3, 0.4) is 0 Å². The molecule has 0 atom stereocenters. The average molecular weight is 705 g/mol. The zero-order valence-corrected chi connectivity index (χ0v) is 33.6. The summed E-state index contributed by atoms with van der Waals surface area (Å²) in [6, 6.07) is 9.92. The van der Waals surface area contributed by atoms with E-state index in [0.29, 0.717) is 16.4 Å². The molecule has 268 valence electrons. The fourth-order valence-corrected chi connectivity index (χ4v) is 6.28. The molecule has 2 aromatic carbocycles. The summed E-state index contributed by atoms with van der Waals surface area (Å²) in [5.41, 5.74) is 8.66. The maximum absolute atomic E-state index is 13.3. The Hall–Kier alpha value is -4.29. The molecule has 7 heteroatoms. The number of halogens is 1. The van der Waals surface area contributed by atoms with E-state index in [9.17, 15) is 9.59 Å². The Balaban J connectivity index is 1.59. The standard InChI is InChI=1S/C44H53ClN4O2/c1-26-19-32(27(2)37(45)38(26)49-47-25-29-22-35(43(9,10)11)40(51)36(23-29)44(12,13)14)30-15-17-31(18-16-30)48-46-24-28-20-33(41(3,4)5)39(50)34(21-28)42(6,7)8/h15-25H,1-14H3/b48-46+,49-47+. The normalized spacial score (nSPS) is 16.5. The molecule has 0 heterocycles. The number of hydrogen-bond donors (Lipinski definition) is 0. The maximum atomic E-state index is 13.3. The first-order valence-corrected chi connectivity index (χ1v) is 17.9. The molecule has 0 saturated carbocycles. The summed E-state index contributed by atoms with van der Waals surface area (Å²) >= 11 is 6.91. The number of nitrogens with zero attached hydrogens (tertiary/aromatic N) is 4. The number of hydrogen-bond acceptors (Lipinski definition) is 6. The Morgan fingerprint density at radius 2 is 0.941 bits per heavy atom. The Bertz CT molecular complexity index is 1930. The quantitative estimate of drug-likeness (QED) is 0.290. The minimum Gasteiger partial charge on any atom is -0.289 e. The third-order valence-corrected chi connectivity index (χ3v) is 9.52. The van der Waals surface area contributed by atoms with Gasteiger partial charge in [-0.1, -0.05) is 107 Å². The van der Waals surface area contributed by atoms with Gasteiger partial charge < -0.3 is 0 Å². The number of Topliss-reactive ketones (excluding diaryl/α,β-unsaturated/α-hetero) is 2. The number of rotatable bonds is 5. The van der Waals surface area contributed by atoms with Crippen molar-refractivity contribution in [1.82, 2.24) is 0 Å². The highest BCUT2D eigenvalue weighted by molar-refractivity contribution is 6.34. The lowest BCUT2D eigenvalue weighted by Gasteiger charge is -2.31. The Kier molecular flexibility index (Phi) is 11.1. The first-order valence-electron chi connectivity index (χ1n) is 17.5. The molecule has 0 aliphatic heterocycles. The molecule has 0 fully saturated rings. The van der Waals surface area contributed by atoms with Crippen LogP contribution in [0, 0.1) is 35.5 Å². The molecule has 0 amide bonds. The fraction of sp³-hybridized carbons (Fsp3) is 0.409. The molecule has 2 aliphatic rings. The lowest BCUT2D eigenvalue weighted by Crippen LogP contribution is -2.27. The van der Waals surface area contributed by atoms with Crippen LogP contribution >= 0.6 is 11.6 Å². The smallest absolute Gasteiger partial charge is 0.186 e. The molecule has 2 aliphatic carbocycles. The van der Waals surface area contributed by atoms with Gasteiger partial charge in [0.1, 0.15) is 5.69 Å². The lowest BCUT2D eigenvalue weighted by atomic mass is 9.72. The molecular formula is C44H53ClN4O2. The number of ketones is 2. The van der Waals surface area contributed by atoms with Gasteiger partial charge in [0.25, 0.3) is 0 Å². The predicted octanol–water partition coefficient (Wildman–Crippen LogP) is 13.6. The SMILES string of the molecule is Cc1cc(-c2ccc(/N=N/C=C3C=C(C(C)(C)C)C(=O)C(C(C)(C)C)=C3)cc2)c(C)c(Cl)c1/N=N/C=C1C=C(C(C)(C)C)C(=O)C(C(C)(C)C)=C1. The predicted molar refractivity (Wildman–Crippen MR) is 212 cm³/mol. The second-order valence-corrected chi connectivity index (χ2v) is 18.0. The molecule has 0 saturated heterocycles. The molecule has 4 rings (SSSR count). The van der Waals surface area contributed by atoms with E-state index in [4.69, 9.17) is 11.6 Å². The van der Waals surface area contributed by atoms with Crippen molar-refractivity contribution in [2.24, 2.45) is 42.1 Å². The highest BCUT2D eigenvalue weighted by Crippen LogP contribution is 2.42. The van der Waals surface area contributed by atoms with E-state index in [2.05, 4.69) is 68.1 Å². The van der Waals surface area contributed by atoms with Crippen LogP contribution in [0.25, 0.3) is 11.1 Å². The molecule has 0 N–H and O–H groups in total. The monoisotopic (exact) mass is 704 g/mol. The van der Waals surface area contributed by atoms with Crippen LogP contribution in [0.2, 0.25) is 5.02 Å². The third kappa shape index (κ3) is 9.15. The maximum Gasteiger partial charge on any atom is 0.186 e. The molecule has 0 aromatic heterocycles. The van der Waals surface area contributed by atoms with Gasteiger partial charge in [0.2, 0.25) is 0 Å². The number of carbonyl (C=O) groups excluding carboxylic acids is 2. The summed E-state index contributed by atoms with van der Waals surface area (Å²) in [6.07, 6.45) is 11.1. The minimum atomic E-state index is -0.302. The highest BCUT2D eigenvalue weighted by atomic mass is 35.5. The van der Waals surface area contributed by atoms with Gasteiger partial charge in [-0.3, -0.25) is 9.59 Å². The van der Waals surface area contributed by atoms with Gasteiger partial charge in [-0.05, 0) is 111 Å². The number of allylic oxidation sites excluding steroid dienone is 10. The summed E-state index contributed by atoms with van der Waals surface area (Å²) in [4.78, 5) is 26.5. The topological polar surface area (TPSA) is 83.6 Å². The highest BCUT2D eigenvalue weighted by Gasteiger charge is 2.35. The van der Waals surface area contributed by atoms with Gasteiger partial charge in [-0.15, -0.1) is 5.11 Å². The molecule has 51 heavy (non-hydrogen) atoms. The second kappa shape index (κ2) is 14.4. The van der Waals surface area contributed by atoms with E-state index in [1.54, 1.807) is 12.4 Å².